The molecular weight excluding hydrogens is 1510 g/mol. The zero-order valence-electron chi connectivity index (χ0n) is 58.2. The summed E-state index contributed by atoms with van der Waals surface area (Å²) in [7, 11) is 0. The van der Waals surface area contributed by atoms with E-state index in [0.717, 1.165) is 0 Å². The molecule has 0 amide bonds. The summed E-state index contributed by atoms with van der Waals surface area (Å²) in [6.07, 6.45) is -7.50. The van der Waals surface area contributed by atoms with E-state index in [-0.39, 0.29) is 138 Å². The predicted molar refractivity (Wildman–Crippen MR) is 277 cm³/mol. The van der Waals surface area contributed by atoms with Crippen molar-refractivity contribution < 1.29 is 230 Å². The van der Waals surface area contributed by atoms with Gasteiger partial charge in [0.05, 0.1) is 0 Å². The molecule has 0 aliphatic heterocycles. The van der Waals surface area contributed by atoms with Crippen molar-refractivity contribution in [3.63, 3.8) is 0 Å². The molecule has 0 atom stereocenters. The molecule has 0 N–H and O–H groups in total. The first-order valence-electron chi connectivity index (χ1n) is 25.0. The smallest absolute Gasteiger partial charge is 0 e. The first-order chi connectivity index (χ1) is 31.2. The summed E-state index contributed by atoms with van der Waals surface area (Å²) in [4.78, 5) is 0. The van der Waals surface area contributed by atoms with Gasteiger partial charge in [0.1, 0.15) is 0 Å². The average molecular weight is 1640 g/mol. The maximum absolute atomic E-state index is 9.53. The molecule has 0 aromatic carbocycles. The zero-order valence-corrected chi connectivity index (χ0v) is 68.3. The van der Waals surface area contributed by atoms with Crippen molar-refractivity contribution in [2.45, 2.75) is 359 Å². The van der Waals surface area contributed by atoms with Crippen molar-refractivity contribution in [2.75, 3.05) is 0 Å². The SMILES string of the molecule is CC(C)[O-].CC(C)[O-].CC(C)[O-].CC(C)[O-].CC(C)[O-].CC(C)[O-].CC(C)[O-].CC(C)[O-].CC(C)[O-].CC(C)[O-].CC(C)[O-].CC(C)[O-].CC(C)[O-].CC(C)[O-].CC(C)[O-].CC(C)[O-].CC(C)[O-].CC(C)[O-].[Mo].[Mo].[Mo].[Mo].[Mo].[O-2].[O-2].[O-2].[O-2].[O-2].[O-2]. The van der Waals surface area contributed by atoms with Gasteiger partial charge in [-0.05, 0) is 0 Å². The van der Waals surface area contributed by atoms with Crippen LogP contribution in [0.1, 0.15) is 249 Å². The maximum atomic E-state index is 9.53. The van der Waals surface area contributed by atoms with Crippen LogP contribution in [0.3, 0.4) is 0 Å². The largest absolute Gasteiger partial charge is 2.00 e. The van der Waals surface area contributed by atoms with Crippen LogP contribution in [0, 0.1) is 0 Å². The molecule has 24 nitrogen and oxygen atoms in total. The number of hydrogen-bond acceptors (Lipinski definition) is 18. The maximum Gasteiger partial charge on any atom is 0 e. The summed E-state index contributed by atoms with van der Waals surface area (Å²) in [5.41, 5.74) is 0. The van der Waals surface area contributed by atoms with E-state index in [9.17, 15) is 91.9 Å². The molecule has 0 unspecified atom stereocenters. The minimum absolute atomic E-state index is 0. The van der Waals surface area contributed by atoms with Gasteiger partial charge in [0.25, 0.3) is 0 Å². The minimum atomic E-state index is -0.417. The van der Waals surface area contributed by atoms with Crippen molar-refractivity contribution >= 4 is 0 Å². The topological polar surface area (TPSA) is 586 Å². The Labute approximate surface area is 584 Å². The van der Waals surface area contributed by atoms with Crippen LogP contribution in [0.2, 0.25) is 0 Å². The Morgan fingerprint density at radius 2 is 0.0964 bits per heavy atom. The van der Waals surface area contributed by atoms with Crippen LogP contribution in [-0.4, -0.2) is 110 Å². The van der Waals surface area contributed by atoms with Crippen LogP contribution in [0.5, 0.6) is 0 Å². The normalized spacial score (nSPS) is 7.81. The van der Waals surface area contributed by atoms with Gasteiger partial charge in [-0.3, -0.25) is 0 Å². The molecule has 83 heavy (non-hydrogen) atoms. The molecule has 0 aliphatic carbocycles. The van der Waals surface area contributed by atoms with E-state index in [1.807, 2.05) is 0 Å². The quantitative estimate of drug-likeness (QED) is 0.205. The molecule has 0 aromatic rings. The van der Waals surface area contributed by atoms with Gasteiger partial charge in [-0.2, -0.15) is 0 Å². The Hall–Kier alpha value is 2.48. The molecule has 546 valence electrons. The van der Waals surface area contributed by atoms with Crippen molar-refractivity contribution in [3.05, 3.63) is 0 Å². The Kier molecular flexibility index (Phi) is 425. The molecule has 0 saturated heterocycles. The first-order valence-corrected chi connectivity index (χ1v) is 25.0. The Bertz CT molecular complexity index is 407. The van der Waals surface area contributed by atoms with Gasteiger partial charge in [0.2, 0.25) is 0 Å². The Morgan fingerprint density at radius 3 is 0.0964 bits per heavy atom. The first kappa shape index (κ1) is 191. The van der Waals surface area contributed by atoms with E-state index >= 15 is 0 Å². The van der Waals surface area contributed by atoms with Crippen molar-refractivity contribution in [3.8, 4) is 0 Å². The predicted octanol–water partition coefficient (Wildman–Crippen LogP) is -5.13. The van der Waals surface area contributed by atoms with Gasteiger partial charge in [-0.1, -0.05) is 249 Å². The molecule has 0 heterocycles. The van der Waals surface area contributed by atoms with E-state index in [1.54, 1.807) is 249 Å². The van der Waals surface area contributed by atoms with Crippen molar-refractivity contribution in [2.24, 2.45) is 0 Å². The summed E-state index contributed by atoms with van der Waals surface area (Å²) in [5.74, 6) is 0. The summed E-state index contributed by atoms with van der Waals surface area (Å²) in [5, 5.41) is 171. The fourth-order valence-electron chi connectivity index (χ4n) is 0. The summed E-state index contributed by atoms with van der Waals surface area (Å²) in [6.45, 7) is 58.0. The van der Waals surface area contributed by atoms with Crippen LogP contribution >= 0.6 is 0 Å². The number of rotatable bonds is 0. The fourth-order valence-corrected chi connectivity index (χ4v) is 0. The molecule has 0 bridgehead atoms. The molecule has 0 radical (unpaired) electrons. The monoisotopic (exact) mass is 1650 g/mol. The third-order valence-electron chi connectivity index (χ3n) is 0. The van der Waals surface area contributed by atoms with Gasteiger partial charge in [0.15, 0.2) is 0 Å². The van der Waals surface area contributed by atoms with Gasteiger partial charge in [-0.25, -0.2) is 0 Å². The van der Waals surface area contributed by atoms with E-state index in [0.29, 0.717) is 0 Å². The molecule has 0 saturated carbocycles. The van der Waals surface area contributed by atoms with E-state index < -0.39 is 110 Å². The fraction of sp³-hybridized carbons (Fsp3) is 1.00. The van der Waals surface area contributed by atoms with Crippen molar-refractivity contribution in [1.82, 2.24) is 0 Å². The van der Waals surface area contributed by atoms with Gasteiger partial charge in [-0.15, -0.1) is 110 Å². The van der Waals surface area contributed by atoms with Crippen LogP contribution in [0.15, 0.2) is 0 Å². The summed E-state index contributed by atoms with van der Waals surface area (Å²) in [6, 6.07) is 0. The minimum Gasteiger partial charge on any atom is -2.00 e. The third kappa shape index (κ3) is 93300. The second-order valence-corrected chi connectivity index (χ2v) is 18.9. The summed E-state index contributed by atoms with van der Waals surface area (Å²) >= 11 is 0. The van der Waals surface area contributed by atoms with Crippen LogP contribution in [-0.2, 0) is 138 Å². The van der Waals surface area contributed by atoms with Gasteiger partial charge < -0.3 is 125 Å². The second kappa shape index (κ2) is 185. The Morgan fingerprint density at radius 1 is 0.0964 bits per heavy atom. The van der Waals surface area contributed by atoms with Crippen molar-refractivity contribution in [1.29, 1.82) is 0 Å². The molecule has 0 rings (SSSR count). The standard InChI is InChI=1S/18C3H7O.5Mo.6O/c18*1-3(2)4;;;;;;;;;;;/h18*3H,1-2H3;;;;;;;;;;;/q18*-1;;;;;;6*-2. The van der Waals surface area contributed by atoms with Crippen LogP contribution in [0.25, 0.3) is 0 Å². The molecule has 29 heteroatoms. The second-order valence-electron chi connectivity index (χ2n) is 18.9. The van der Waals surface area contributed by atoms with Crippen LogP contribution < -0.4 is 91.9 Å². The van der Waals surface area contributed by atoms with Crippen LogP contribution in [0.4, 0.5) is 0 Å². The molecular formula is C54H126Mo5O24-30. The van der Waals surface area contributed by atoms with E-state index in [4.69, 9.17) is 0 Å². The zero-order chi connectivity index (χ0) is 64.4. The van der Waals surface area contributed by atoms with E-state index in [2.05, 4.69) is 0 Å². The molecule has 0 fully saturated rings. The average Bonchev–Trinajstić information content (AvgIpc) is 2.91. The van der Waals surface area contributed by atoms with Gasteiger partial charge >= 0.3 is 0 Å². The molecule has 0 aromatic heterocycles. The Balaban J connectivity index is -0.0000000137. The van der Waals surface area contributed by atoms with Gasteiger partial charge in [0, 0.05) is 105 Å². The molecule has 0 aliphatic rings. The number of hydrogen-bond donors (Lipinski definition) is 0. The third-order valence-corrected chi connectivity index (χ3v) is 0. The van der Waals surface area contributed by atoms with E-state index in [1.165, 1.54) is 0 Å². The summed E-state index contributed by atoms with van der Waals surface area (Å²) < 4.78 is 0. The molecule has 0 spiro atoms.